The summed E-state index contributed by atoms with van der Waals surface area (Å²) in [6.07, 6.45) is 0. The number of carbonyl (C=O) groups excluding carboxylic acids is 1. The van der Waals surface area contributed by atoms with Crippen LogP contribution >= 0.6 is 11.8 Å². The minimum atomic E-state index is -0.331. The summed E-state index contributed by atoms with van der Waals surface area (Å²) in [5.74, 6) is 1.22. The zero-order valence-corrected chi connectivity index (χ0v) is 18.0. The summed E-state index contributed by atoms with van der Waals surface area (Å²) in [6.45, 7) is 9.07. The largest absolute Gasteiger partial charge is 0.302 e. The minimum Gasteiger partial charge on any atom is -0.302 e. The van der Waals surface area contributed by atoms with Crippen LogP contribution in [0.3, 0.4) is 0 Å². The Morgan fingerprint density at radius 3 is 2.34 bits per heavy atom. The van der Waals surface area contributed by atoms with Crippen LogP contribution in [0.1, 0.15) is 49.5 Å². The van der Waals surface area contributed by atoms with Crippen molar-refractivity contribution in [1.29, 1.82) is 0 Å². The molecular formula is C23H26FN3OS. The first-order valence-electron chi connectivity index (χ1n) is 9.81. The van der Waals surface area contributed by atoms with E-state index in [-0.39, 0.29) is 17.4 Å². The van der Waals surface area contributed by atoms with E-state index in [1.165, 1.54) is 23.4 Å². The van der Waals surface area contributed by atoms with E-state index >= 15 is 0 Å². The van der Waals surface area contributed by atoms with Gasteiger partial charge in [-0.15, -0.1) is 10.2 Å². The monoisotopic (exact) mass is 411 g/mol. The number of thioether (sulfide) groups is 1. The molecule has 1 aromatic heterocycles. The van der Waals surface area contributed by atoms with E-state index in [2.05, 4.69) is 37.9 Å². The fourth-order valence-corrected chi connectivity index (χ4v) is 3.88. The maximum Gasteiger partial charge on any atom is 0.191 e. The van der Waals surface area contributed by atoms with Crippen molar-refractivity contribution in [1.82, 2.24) is 14.8 Å². The number of aromatic nitrogens is 3. The van der Waals surface area contributed by atoms with Gasteiger partial charge in [-0.3, -0.25) is 4.79 Å². The number of Topliss-reactive ketones (excluding diaryl/α,β-unsaturated/α-hetero) is 1. The molecule has 0 aliphatic rings. The van der Waals surface area contributed by atoms with Crippen LogP contribution < -0.4 is 0 Å². The van der Waals surface area contributed by atoms with Crippen molar-refractivity contribution < 1.29 is 9.18 Å². The van der Waals surface area contributed by atoms with E-state index in [1.807, 2.05) is 28.8 Å². The first-order valence-corrected chi connectivity index (χ1v) is 10.8. The molecule has 0 spiro atoms. The SMILES string of the molecule is CC(C)Cn1c(SCC(=O)c2ccc(C(C)C)cc2)nnc1-c1ccccc1F. The second-order valence-corrected chi connectivity index (χ2v) is 8.72. The van der Waals surface area contributed by atoms with Crippen LogP contribution in [-0.2, 0) is 6.54 Å². The maximum absolute atomic E-state index is 14.3. The smallest absolute Gasteiger partial charge is 0.191 e. The molecule has 0 saturated heterocycles. The average Bonchev–Trinajstić information content (AvgIpc) is 3.08. The fourth-order valence-electron chi connectivity index (χ4n) is 3.03. The van der Waals surface area contributed by atoms with Gasteiger partial charge in [0.1, 0.15) is 5.82 Å². The molecule has 1 heterocycles. The third-order valence-corrected chi connectivity index (χ3v) is 5.58. The number of rotatable bonds is 8. The molecule has 6 heteroatoms. The lowest BCUT2D eigenvalue weighted by atomic mass is 10.0. The predicted molar refractivity (Wildman–Crippen MR) is 116 cm³/mol. The number of ketones is 1. The van der Waals surface area contributed by atoms with Gasteiger partial charge in [0.05, 0.1) is 11.3 Å². The third kappa shape index (κ3) is 5.12. The Morgan fingerprint density at radius 1 is 1.03 bits per heavy atom. The second-order valence-electron chi connectivity index (χ2n) is 7.78. The number of hydrogen-bond acceptors (Lipinski definition) is 4. The molecule has 0 N–H and O–H groups in total. The molecule has 2 aromatic carbocycles. The van der Waals surface area contributed by atoms with E-state index in [1.54, 1.807) is 18.2 Å². The third-order valence-electron chi connectivity index (χ3n) is 4.61. The fraction of sp³-hybridized carbons (Fsp3) is 0.348. The van der Waals surface area contributed by atoms with Crippen LogP contribution in [0.15, 0.2) is 53.7 Å². The Labute approximate surface area is 175 Å². The Bertz CT molecular complexity index is 980. The van der Waals surface area contributed by atoms with Crippen LogP contribution in [0.5, 0.6) is 0 Å². The summed E-state index contributed by atoms with van der Waals surface area (Å²) >= 11 is 1.34. The molecule has 152 valence electrons. The summed E-state index contributed by atoms with van der Waals surface area (Å²) < 4.78 is 16.2. The Hall–Kier alpha value is -2.47. The van der Waals surface area contributed by atoms with Gasteiger partial charge in [-0.1, -0.05) is 75.9 Å². The quantitative estimate of drug-likeness (QED) is 0.345. The van der Waals surface area contributed by atoms with Crippen LogP contribution in [0, 0.1) is 11.7 Å². The summed E-state index contributed by atoms with van der Waals surface area (Å²) in [5, 5.41) is 9.10. The molecule has 0 atom stereocenters. The van der Waals surface area contributed by atoms with Gasteiger partial charge in [0, 0.05) is 12.1 Å². The van der Waals surface area contributed by atoms with Crippen LogP contribution in [0.2, 0.25) is 0 Å². The molecule has 29 heavy (non-hydrogen) atoms. The maximum atomic E-state index is 14.3. The Balaban J connectivity index is 1.80. The van der Waals surface area contributed by atoms with Crippen LogP contribution in [0.25, 0.3) is 11.4 Å². The van der Waals surface area contributed by atoms with E-state index < -0.39 is 0 Å². The molecule has 0 amide bonds. The van der Waals surface area contributed by atoms with Gasteiger partial charge in [0.25, 0.3) is 0 Å². The molecule has 0 aliphatic carbocycles. The van der Waals surface area contributed by atoms with Crippen molar-refractivity contribution in [2.45, 2.75) is 45.3 Å². The van der Waals surface area contributed by atoms with Gasteiger partial charge >= 0.3 is 0 Å². The number of carbonyl (C=O) groups is 1. The molecule has 0 saturated carbocycles. The normalized spacial score (nSPS) is 11.4. The molecule has 0 unspecified atom stereocenters. The average molecular weight is 412 g/mol. The van der Waals surface area contributed by atoms with Crippen molar-refractivity contribution in [3.8, 4) is 11.4 Å². The summed E-state index contributed by atoms with van der Waals surface area (Å²) in [7, 11) is 0. The molecular weight excluding hydrogens is 385 g/mol. The van der Waals surface area contributed by atoms with Crippen molar-refractivity contribution >= 4 is 17.5 Å². The van der Waals surface area contributed by atoms with Gasteiger partial charge in [0.2, 0.25) is 0 Å². The lowest BCUT2D eigenvalue weighted by Crippen LogP contribution is -2.10. The zero-order valence-electron chi connectivity index (χ0n) is 17.2. The number of halogens is 1. The first kappa shape index (κ1) is 21.2. The van der Waals surface area contributed by atoms with Gasteiger partial charge < -0.3 is 4.57 Å². The standard InChI is InChI=1S/C23H26FN3OS/c1-15(2)13-27-22(19-7-5-6-8-20(19)24)25-26-23(27)29-14-21(28)18-11-9-17(10-12-18)16(3)4/h5-12,15-16H,13-14H2,1-4H3. The number of nitrogens with zero attached hydrogens (tertiary/aromatic N) is 3. The van der Waals surface area contributed by atoms with Crippen molar-refractivity contribution in [3.63, 3.8) is 0 Å². The van der Waals surface area contributed by atoms with Crippen molar-refractivity contribution in [2.24, 2.45) is 5.92 Å². The molecule has 0 fully saturated rings. The minimum absolute atomic E-state index is 0.0387. The molecule has 0 radical (unpaired) electrons. The van der Waals surface area contributed by atoms with Crippen molar-refractivity contribution in [2.75, 3.05) is 5.75 Å². The van der Waals surface area contributed by atoms with Gasteiger partial charge in [-0.25, -0.2) is 4.39 Å². The van der Waals surface area contributed by atoms with E-state index in [9.17, 15) is 9.18 Å². The van der Waals surface area contributed by atoms with Crippen molar-refractivity contribution in [3.05, 3.63) is 65.5 Å². The van der Waals surface area contributed by atoms with Gasteiger partial charge in [0.15, 0.2) is 16.8 Å². The van der Waals surface area contributed by atoms with E-state index in [4.69, 9.17) is 0 Å². The summed E-state index contributed by atoms with van der Waals surface area (Å²) in [6, 6.07) is 14.3. The molecule has 4 nitrogen and oxygen atoms in total. The predicted octanol–water partition coefficient (Wildman–Crippen LogP) is 5.84. The number of benzene rings is 2. The second kappa shape index (κ2) is 9.35. The molecule has 0 aliphatic heterocycles. The van der Waals surface area contributed by atoms with Crippen LogP contribution in [-0.4, -0.2) is 26.3 Å². The lowest BCUT2D eigenvalue weighted by molar-refractivity contribution is 0.102. The van der Waals surface area contributed by atoms with Gasteiger partial charge in [-0.05, 0) is 29.5 Å². The van der Waals surface area contributed by atoms with Gasteiger partial charge in [-0.2, -0.15) is 0 Å². The number of hydrogen-bond donors (Lipinski definition) is 0. The Morgan fingerprint density at radius 2 is 1.72 bits per heavy atom. The van der Waals surface area contributed by atoms with Crippen LogP contribution in [0.4, 0.5) is 4.39 Å². The highest BCUT2D eigenvalue weighted by Gasteiger charge is 2.19. The van der Waals surface area contributed by atoms with E-state index in [0.717, 1.165) is 0 Å². The van der Waals surface area contributed by atoms with E-state index in [0.29, 0.717) is 40.5 Å². The highest BCUT2D eigenvalue weighted by atomic mass is 32.2. The zero-order chi connectivity index (χ0) is 21.0. The highest BCUT2D eigenvalue weighted by Crippen LogP contribution is 2.27. The summed E-state index contributed by atoms with van der Waals surface area (Å²) in [5.41, 5.74) is 2.31. The Kier molecular flexibility index (Phi) is 6.85. The molecule has 3 rings (SSSR count). The summed E-state index contributed by atoms with van der Waals surface area (Å²) in [4.78, 5) is 12.6. The first-order chi connectivity index (χ1) is 13.9. The molecule has 0 bridgehead atoms. The highest BCUT2D eigenvalue weighted by molar-refractivity contribution is 7.99. The topological polar surface area (TPSA) is 47.8 Å². The molecule has 3 aromatic rings. The lowest BCUT2D eigenvalue weighted by Gasteiger charge is -2.13.